The van der Waals surface area contributed by atoms with E-state index in [9.17, 15) is 4.79 Å². The molecule has 0 bridgehead atoms. The lowest BCUT2D eigenvalue weighted by Gasteiger charge is -2.10. The van der Waals surface area contributed by atoms with Crippen LogP contribution in [0.1, 0.15) is 12.6 Å². The van der Waals surface area contributed by atoms with Crippen molar-refractivity contribution in [2.75, 3.05) is 18.9 Å². The van der Waals surface area contributed by atoms with Crippen LogP contribution in [0.25, 0.3) is 0 Å². The highest BCUT2D eigenvalue weighted by Crippen LogP contribution is 2.10. The molecule has 0 spiro atoms. The van der Waals surface area contributed by atoms with Crippen molar-refractivity contribution in [3.8, 4) is 0 Å². The summed E-state index contributed by atoms with van der Waals surface area (Å²) in [6.07, 6.45) is 0. The maximum absolute atomic E-state index is 11.7. The molecule has 88 valence electrons. The number of carbonyl (C=O) groups excluding carboxylic acids is 1. The highest BCUT2D eigenvalue weighted by Gasteiger charge is 2.13. The third-order valence-electron chi connectivity index (χ3n) is 2.02. The summed E-state index contributed by atoms with van der Waals surface area (Å²) in [6, 6.07) is 1.63. The predicted molar refractivity (Wildman–Crippen MR) is 63.5 cm³/mol. The first-order valence-corrected chi connectivity index (χ1v) is 5.37. The topological polar surface area (TPSA) is 66.9 Å². The Kier molecular flexibility index (Phi) is 4.64. The van der Waals surface area contributed by atoms with Crippen LogP contribution in [-0.4, -0.2) is 29.5 Å². The predicted octanol–water partition coefficient (Wildman–Crippen LogP) is 1.23. The molecule has 1 aromatic rings. The van der Waals surface area contributed by atoms with Gasteiger partial charge in [-0.15, -0.1) is 0 Å². The third-order valence-corrected chi connectivity index (χ3v) is 2.21. The van der Waals surface area contributed by atoms with E-state index in [-0.39, 0.29) is 17.8 Å². The molecule has 1 unspecified atom stereocenters. The van der Waals surface area contributed by atoms with Crippen molar-refractivity contribution < 1.29 is 4.79 Å². The molecule has 0 fully saturated rings. The summed E-state index contributed by atoms with van der Waals surface area (Å²) >= 11 is 5.76. The second-order valence-electron chi connectivity index (χ2n) is 3.60. The highest BCUT2D eigenvalue weighted by atomic mass is 35.5. The second kappa shape index (κ2) is 5.77. The maximum Gasteiger partial charge on any atom is 0.231 e. The van der Waals surface area contributed by atoms with Crippen LogP contribution < -0.4 is 10.6 Å². The normalized spacial score (nSPS) is 12.2. The summed E-state index contributed by atoms with van der Waals surface area (Å²) < 4.78 is 0. The zero-order valence-electron chi connectivity index (χ0n) is 9.54. The van der Waals surface area contributed by atoms with Crippen LogP contribution >= 0.6 is 11.6 Å². The molecule has 0 saturated carbocycles. The molecule has 1 heterocycles. The van der Waals surface area contributed by atoms with Crippen LogP contribution in [0.15, 0.2) is 6.07 Å². The summed E-state index contributed by atoms with van der Waals surface area (Å²) in [7, 11) is 1.80. The number of hydrogen-bond donors (Lipinski definition) is 2. The van der Waals surface area contributed by atoms with Gasteiger partial charge in [0.1, 0.15) is 5.15 Å². The van der Waals surface area contributed by atoms with Gasteiger partial charge in [0.2, 0.25) is 11.9 Å². The lowest BCUT2D eigenvalue weighted by Crippen LogP contribution is -2.29. The Labute approximate surface area is 99.6 Å². The molecule has 2 N–H and O–H groups in total. The number of halogens is 1. The first-order chi connectivity index (χ1) is 7.52. The van der Waals surface area contributed by atoms with Gasteiger partial charge in [-0.25, -0.2) is 9.97 Å². The van der Waals surface area contributed by atoms with E-state index in [0.29, 0.717) is 11.7 Å². The molecule has 1 aromatic heterocycles. The number of rotatable bonds is 4. The summed E-state index contributed by atoms with van der Waals surface area (Å²) in [5, 5.41) is 5.87. The van der Waals surface area contributed by atoms with E-state index in [0.717, 1.165) is 5.69 Å². The van der Waals surface area contributed by atoms with Crippen molar-refractivity contribution >= 4 is 23.5 Å². The number of carbonyl (C=O) groups is 1. The van der Waals surface area contributed by atoms with E-state index >= 15 is 0 Å². The van der Waals surface area contributed by atoms with Crippen molar-refractivity contribution in [2.45, 2.75) is 13.8 Å². The molecule has 1 atom stereocenters. The van der Waals surface area contributed by atoms with Crippen LogP contribution in [0.4, 0.5) is 5.95 Å². The molecule has 0 radical (unpaired) electrons. The molecule has 0 aliphatic rings. The fourth-order valence-corrected chi connectivity index (χ4v) is 1.46. The average Bonchev–Trinajstić information content (AvgIpc) is 2.16. The van der Waals surface area contributed by atoms with E-state index in [4.69, 9.17) is 11.6 Å². The van der Waals surface area contributed by atoms with Gasteiger partial charge in [0.25, 0.3) is 0 Å². The zero-order valence-corrected chi connectivity index (χ0v) is 10.3. The van der Waals surface area contributed by atoms with E-state index < -0.39 is 0 Å². The van der Waals surface area contributed by atoms with Gasteiger partial charge in [-0.2, -0.15) is 0 Å². The molecule has 0 aliphatic heterocycles. The third kappa shape index (κ3) is 3.75. The molecule has 6 heteroatoms. The molecule has 0 aromatic carbocycles. The van der Waals surface area contributed by atoms with Gasteiger partial charge in [0, 0.05) is 18.2 Å². The molecular weight excluding hydrogens is 228 g/mol. The number of aryl methyl sites for hydroxylation is 1. The van der Waals surface area contributed by atoms with E-state index in [1.807, 2.05) is 6.92 Å². The van der Waals surface area contributed by atoms with Crippen LogP contribution in [0, 0.1) is 12.8 Å². The number of nitrogens with one attached hydrogen (secondary N) is 2. The molecule has 0 saturated heterocycles. The molecule has 16 heavy (non-hydrogen) atoms. The molecular formula is C10H15ClN4O. The van der Waals surface area contributed by atoms with Gasteiger partial charge in [0.15, 0.2) is 0 Å². The van der Waals surface area contributed by atoms with Crippen LogP contribution in [0.2, 0.25) is 5.15 Å². The largest absolute Gasteiger partial charge is 0.319 e. The van der Waals surface area contributed by atoms with Crippen molar-refractivity contribution in [1.82, 2.24) is 15.3 Å². The number of amides is 1. The fourth-order valence-electron chi connectivity index (χ4n) is 1.22. The standard InChI is InChI=1S/C10H15ClN4O/c1-6(5-12-3)9(16)15-10-13-7(2)4-8(11)14-10/h4,6,12H,5H2,1-3H3,(H,13,14,15,16). The summed E-state index contributed by atoms with van der Waals surface area (Å²) in [4.78, 5) is 19.6. The van der Waals surface area contributed by atoms with Crippen LogP contribution in [-0.2, 0) is 4.79 Å². The van der Waals surface area contributed by atoms with Crippen molar-refractivity contribution in [3.63, 3.8) is 0 Å². The average molecular weight is 243 g/mol. The van der Waals surface area contributed by atoms with Gasteiger partial charge < -0.3 is 5.32 Å². The Hall–Kier alpha value is -1.20. The summed E-state index contributed by atoms with van der Waals surface area (Å²) in [6.45, 7) is 4.22. The number of hydrogen-bond acceptors (Lipinski definition) is 4. The van der Waals surface area contributed by atoms with E-state index in [1.54, 1.807) is 20.0 Å². The van der Waals surface area contributed by atoms with Crippen molar-refractivity contribution in [1.29, 1.82) is 0 Å². The van der Waals surface area contributed by atoms with E-state index in [2.05, 4.69) is 20.6 Å². The minimum atomic E-state index is -0.145. The monoisotopic (exact) mass is 242 g/mol. The van der Waals surface area contributed by atoms with Crippen LogP contribution in [0.5, 0.6) is 0 Å². The van der Waals surface area contributed by atoms with Crippen molar-refractivity contribution in [3.05, 3.63) is 16.9 Å². The van der Waals surface area contributed by atoms with Crippen molar-refractivity contribution in [2.24, 2.45) is 5.92 Å². The minimum Gasteiger partial charge on any atom is -0.319 e. The quantitative estimate of drug-likeness (QED) is 0.780. The molecule has 5 nitrogen and oxygen atoms in total. The Morgan fingerprint density at radius 3 is 2.81 bits per heavy atom. The number of aromatic nitrogens is 2. The molecule has 1 rings (SSSR count). The lowest BCUT2D eigenvalue weighted by atomic mass is 10.1. The second-order valence-corrected chi connectivity index (χ2v) is 3.99. The smallest absolute Gasteiger partial charge is 0.231 e. The Morgan fingerprint density at radius 2 is 2.25 bits per heavy atom. The Balaban J connectivity index is 2.69. The molecule has 1 amide bonds. The lowest BCUT2D eigenvalue weighted by molar-refractivity contribution is -0.119. The SMILES string of the molecule is CNCC(C)C(=O)Nc1nc(C)cc(Cl)n1. The summed E-state index contributed by atoms with van der Waals surface area (Å²) in [5.74, 6) is -0.0261. The highest BCUT2D eigenvalue weighted by molar-refractivity contribution is 6.29. The van der Waals surface area contributed by atoms with Gasteiger partial charge in [0.05, 0.1) is 0 Å². The first kappa shape index (κ1) is 12.9. The summed E-state index contributed by atoms with van der Waals surface area (Å²) in [5.41, 5.74) is 0.719. The van der Waals surface area contributed by atoms with Gasteiger partial charge in [-0.1, -0.05) is 18.5 Å². The van der Waals surface area contributed by atoms with E-state index in [1.165, 1.54) is 0 Å². The number of anilines is 1. The van der Waals surface area contributed by atoms with Crippen LogP contribution in [0.3, 0.4) is 0 Å². The first-order valence-electron chi connectivity index (χ1n) is 4.99. The fraction of sp³-hybridized carbons (Fsp3) is 0.500. The number of nitrogens with zero attached hydrogens (tertiary/aromatic N) is 2. The van der Waals surface area contributed by atoms with Gasteiger partial charge in [-0.05, 0) is 20.0 Å². The molecule has 0 aliphatic carbocycles. The van der Waals surface area contributed by atoms with Gasteiger partial charge >= 0.3 is 0 Å². The Bertz CT molecular complexity index is 363. The van der Waals surface area contributed by atoms with Gasteiger partial charge in [-0.3, -0.25) is 10.1 Å². The zero-order chi connectivity index (χ0) is 12.1. The maximum atomic E-state index is 11.7. The Morgan fingerprint density at radius 1 is 1.56 bits per heavy atom. The minimum absolute atomic E-state index is 0.129.